The van der Waals surface area contributed by atoms with Crippen molar-refractivity contribution in [1.82, 2.24) is 9.47 Å². The number of halogens is 1. The van der Waals surface area contributed by atoms with Crippen molar-refractivity contribution in [2.45, 2.75) is 63.9 Å². The highest BCUT2D eigenvalue weighted by atomic mass is 32.2. The number of benzene rings is 2. The summed E-state index contributed by atoms with van der Waals surface area (Å²) in [5.74, 6) is -0.357. The molecule has 210 valence electrons. The molecule has 2 aliphatic rings. The second kappa shape index (κ2) is 11.3. The number of carbonyl (C=O) groups excluding carboxylic acids is 3. The molecule has 5 rings (SSSR count). The van der Waals surface area contributed by atoms with Crippen molar-refractivity contribution in [2.24, 2.45) is 5.92 Å². The fourth-order valence-electron chi connectivity index (χ4n) is 5.38. The van der Waals surface area contributed by atoms with Gasteiger partial charge in [-0.25, -0.2) is 9.18 Å². The van der Waals surface area contributed by atoms with Gasteiger partial charge in [-0.15, -0.1) is 0 Å². The third kappa shape index (κ3) is 6.23. The van der Waals surface area contributed by atoms with Gasteiger partial charge in [0.15, 0.2) is 10.9 Å². The first-order valence-corrected chi connectivity index (χ1v) is 14.6. The molecule has 0 spiro atoms. The molecule has 1 saturated heterocycles. The lowest BCUT2D eigenvalue weighted by molar-refractivity contribution is -0.126. The van der Waals surface area contributed by atoms with Crippen LogP contribution in [0.3, 0.4) is 0 Å². The Kier molecular flexibility index (Phi) is 8.02. The van der Waals surface area contributed by atoms with Gasteiger partial charge in [0.2, 0.25) is 0 Å². The van der Waals surface area contributed by atoms with E-state index in [4.69, 9.17) is 4.74 Å². The Morgan fingerprint density at radius 3 is 2.42 bits per heavy atom. The number of hydrogen-bond donors (Lipinski definition) is 0. The summed E-state index contributed by atoms with van der Waals surface area (Å²) in [5.41, 5.74) is 2.26. The maximum absolute atomic E-state index is 15.0. The van der Waals surface area contributed by atoms with E-state index in [-0.39, 0.29) is 27.9 Å². The largest absolute Gasteiger partial charge is 0.443 e. The number of para-hydroxylation sites is 1. The van der Waals surface area contributed by atoms with E-state index in [0.29, 0.717) is 25.1 Å². The molecule has 2 aromatic carbocycles. The summed E-state index contributed by atoms with van der Waals surface area (Å²) in [6.07, 6.45) is 5.65. The van der Waals surface area contributed by atoms with E-state index in [0.717, 1.165) is 34.9 Å². The van der Waals surface area contributed by atoms with Gasteiger partial charge in [-0.3, -0.25) is 19.1 Å². The van der Waals surface area contributed by atoms with E-state index < -0.39 is 17.7 Å². The lowest BCUT2D eigenvalue weighted by atomic mass is 9.93. The van der Waals surface area contributed by atoms with E-state index in [2.05, 4.69) is 4.90 Å². The molecule has 1 aliphatic heterocycles. The van der Waals surface area contributed by atoms with Crippen molar-refractivity contribution >= 4 is 45.7 Å². The van der Waals surface area contributed by atoms with Crippen LogP contribution in [0.1, 0.15) is 64.1 Å². The van der Waals surface area contributed by atoms with E-state index in [1.165, 1.54) is 22.4 Å². The minimum absolute atomic E-state index is 0.0141. The molecule has 2 fully saturated rings. The predicted molar refractivity (Wildman–Crippen MR) is 157 cm³/mol. The quantitative estimate of drug-likeness (QED) is 0.322. The molecule has 0 N–H and O–H groups in total. The highest BCUT2D eigenvalue weighted by molar-refractivity contribution is 8.14. The molecule has 2 unspecified atom stereocenters. The van der Waals surface area contributed by atoms with Gasteiger partial charge < -0.3 is 4.74 Å². The van der Waals surface area contributed by atoms with Crippen LogP contribution in [0.4, 0.5) is 9.18 Å². The molecule has 0 radical (unpaired) electrons. The standard InChI is InChI=1S/C32H35FN2O4S/c1-20(36)40-28-15-16-34(29(30(37)21-13-14-21)25-10-5-7-11-26(25)33)18-23(28)17-22-19-35(31(38)39-32(2,3)4)27-12-8-6-9-24(22)27/h5-12,17,19,21,28-29H,13-16,18H2,1-4H3. The number of hydrogen-bond acceptors (Lipinski definition) is 6. The number of ether oxygens (including phenoxy) is 1. The van der Waals surface area contributed by atoms with Crippen LogP contribution in [0, 0.1) is 11.7 Å². The van der Waals surface area contributed by atoms with Crippen molar-refractivity contribution in [2.75, 3.05) is 13.1 Å². The number of nitrogens with zero attached hydrogens (tertiary/aromatic N) is 2. The molecular weight excluding hydrogens is 527 g/mol. The molecule has 6 nitrogen and oxygen atoms in total. The predicted octanol–water partition coefficient (Wildman–Crippen LogP) is 7.02. The Hall–Kier alpha value is -3.23. The maximum Gasteiger partial charge on any atom is 0.419 e. The lowest BCUT2D eigenvalue weighted by Crippen LogP contribution is -2.43. The number of ketones is 1. The maximum atomic E-state index is 15.0. The first-order valence-electron chi connectivity index (χ1n) is 13.7. The first kappa shape index (κ1) is 28.3. The molecule has 0 bridgehead atoms. The average Bonchev–Trinajstić information content (AvgIpc) is 3.68. The van der Waals surface area contributed by atoms with Crippen LogP contribution >= 0.6 is 11.8 Å². The van der Waals surface area contributed by atoms with Gasteiger partial charge in [0.25, 0.3) is 0 Å². The van der Waals surface area contributed by atoms with Crippen molar-refractivity contribution < 1.29 is 23.5 Å². The number of rotatable bonds is 6. The summed E-state index contributed by atoms with van der Waals surface area (Å²) >= 11 is 1.28. The zero-order valence-electron chi connectivity index (χ0n) is 23.4. The summed E-state index contributed by atoms with van der Waals surface area (Å²) in [4.78, 5) is 40.8. The van der Waals surface area contributed by atoms with Gasteiger partial charge in [-0.1, -0.05) is 54.2 Å². The molecule has 0 amide bonds. The highest BCUT2D eigenvalue weighted by Gasteiger charge is 2.41. The third-order valence-electron chi connectivity index (χ3n) is 7.27. The number of carbonyl (C=O) groups is 3. The van der Waals surface area contributed by atoms with Crippen molar-refractivity contribution in [1.29, 1.82) is 0 Å². The first-order chi connectivity index (χ1) is 19.0. The molecule has 3 aromatic rings. The molecule has 2 heterocycles. The summed E-state index contributed by atoms with van der Waals surface area (Å²) in [7, 11) is 0. The van der Waals surface area contributed by atoms with Crippen LogP contribution in [0.5, 0.6) is 0 Å². The van der Waals surface area contributed by atoms with Crippen molar-refractivity contribution in [3.8, 4) is 0 Å². The summed E-state index contributed by atoms with van der Waals surface area (Å²) in [5, 5.41) is 0.805. The van der Waals surface area contributed by atoms with E-state index in [9.17, 15) is 14.4 Å². The van der Waals surface area contributed by atoms with Gasteiger partial charge in [0.1, 0.15) is 11.4 Å². The molecule has 2 atom stereocenters. The number of likely N-dealkylation sites (tertiary alicyclic amines) is 1. The molecule has 1 aromatic heterocycles. The zero-order valence-corrected chi connectivity index (χ0v) is 24.2. The normalized spacial score (nSPS) is 20.0. The van der Waals surface area contributed by atoms with Gasteiger partial charge in [0, 0.05) is 53.9 Å². The van der Waals surface area contributed by atoms with E-state index in [1.54, 1.807) is 31.3 Å². The van der Waals surface area contributed by atoms with E-state index in [1.807, 2.05) is 51.1 Å². The van der Waals surface area contributed by atoms with Crippen LogP contribution in [0.15, 0.2) is 60.3 Å². The number of aromatic nitrogens is 1. The van der Waals surface area contributed by atoms with Gasteiger partial charge >= 0.3 is 6.09 Å². The fraction of sp³-hybridized carbons (Fsp3) is 0.406. The number of piperidine rings is 1. The molecular formula is C32H35FN2O4S. The highest BCUT2D eigenvalue weighted by Crippen LogP contribution is 2.41. The Morgan fingerprint density at radius 2 is 1.75 bits per heavy atom. The SMILES string of the molecule is CC(=O)SC1CCN(C(C(=O)C2CC2)c2ccccc2F)CC1=Cc1cn(C(=O)OC(C)(C)C)c2ccccc12. The van der Waals surface area contributed by atoms with Crippen LogP contribution in [0.25, 0.3) is 17.0 Å². The van der Waals surface area contributed by atoms with Gasteiger partial charge in [0.05, 0.1) is 11.6 Å². The van der Waals surface area contributed by atoms with E-state index >= 15 is 4.39 Å². The summed E-state index contributed by atoms with van der Waals surface area (Å²) in [6.45, 7) is 8.02. The summed E-state index contributed by atoms with van der Waals surface area (Å²) < 4.78 is 22.2. The molecule has 8 heteroatoms. The molecule has 40 heavy (non-hydrogen) atoms. The van der Waals surface area contributed by atoms with Gasteiger partial charge in [-0.2, -0.15) is 0 Å². The van der Waals surface area contributed by atoms with Crippen LogP contribution in [-0.2, 0) is 14.3 Å². The number of fused-ring (bicyclic) bond motifs is 1. The Bertz CT molecular complexity index is 1480. The summed E-state index contributed by atoms with van der Waals surface area (Å²) in [6, 6.07) is 13.5. The molecule has 1 aliphatic carbocycles. The smallest absolute Gasteiger partial charge is 0.419 e. The average molecular weight is 563 g/mol. The molecule has 1 saturated carbocycles. The minimum atomic E-state index is -0.677. The van der Waals surface area contributed by atoms with Crippen LogP contribution in [0.2, 0.25) is 0 Å². The minimum Gasteiger partial charge on any atom is -0.443 e. The van der Waals surface area contributed by atoms with Crippen LogP contribution in [-0.4, -0.2) is 50.4 Å². The van der Waals surface area contributed by atoms with Gasteiger partial charge in [-0.05, 0) is 57.7 Å². The lowest BCUT2D eigenvalue weighted by Gasteiger charge is -2.38. The Labute approximate surface area is 238 Å². The third-order valence-corrected chi connectivity index (χ3v) is 8.43. The fourth-order valence-corrected chi connectivity index (χ4v) is 6.30. The topological polar surface area (TPSA) is 68.6 Å². The Morgan fingerprint density at radius 1 is 1.05 bits per heavy atom. The Balaban J connectivity index is 1.55. The second-order valence-electron chi connectivity index (χ2n) is 11.6. The second-order valence-corrected chi connectivity index (χ2v) is 13.0. The monoisotopic (exact) mass is 562 g/mol. The van der Waals surface area contributed by atoms with Crippen molar-refractivity contribution in [3.63, 3.8) is 0 Å². The van der Waals surface area contributed by atoms with Crippen molar-refractivity contribution in [3.05, 3.63) is 77.2 Å². The zero-order chi connectivity index (χ0) is 28.6. The number of thioether (sulfide) groups is 1. The number of Topliss-reactive ketones (excluding diaryl/α,β-unsaturated/α-hetero) is 1. The van der Waals surface area contributed by atoms with Crippen LogP contribution < -0.4 is 0 Å².